The van der Waals surface area contributed by atoms with E-state index in [1.807, 2.05) is 39.0 Å². The Morgan fingerprint density at radius 3 is 2.31 bits per heavy atom. The van der Waals surface area contributed by atoms with Crippen LogP contribution < -0.4 is 19.5 Å². The van der Waals surface area contributed by atoms with Crippen LogP contribution in [0.25, 0.3) is 0 Å². The highest BCUT2D eigenvalue weighted by Crippen LogP contribution is 2.30. The number of nitrogens with one attached hydrogen (secondary N) is 1. The first-order chi connectivity index (χ1) is 12.5. The number of amides is 1. The highest BCUT2D eigenvalue weighted by molar-refractivity contribution is 5.78. The van der Waals surface area contributed by atoms with Crippen LogP contribution in [0, 0.1) is 5.82 Å². The number of benzene rings is 2. The molecule has 0 aromatic heterocycles. The van der Waals surface area contributed by atoms with Crippen LogP contribution in [0.3, 0.4) is 0 Å². The third-order valence-electron chi connectivity index (χ3n) is 3.63. The number of ether oxygens (including phenoxy) is 3. The second kappa shape index (κ2) is 9.65. The first kappa shape index (κ1) is 19.6. The van der Waals surface area contributed by atoms with E-state index in [1.165, 1.54) is 24.3 Å². The summed E-state index contributed by atoms with van der Waals surface area (Å²) >= 11 is 0. The lowest BCUT2D eigenvalue weighted by atomic mass is 10.1. The van der Waals surface area contributed by atoms with Gasteiger partial charge in [-0.1, -0.05) is 6.07 Å². The van der Waals surface area contributed by atoms with Gasteiger partial charge < -0.3 is 19.5 Å². The fourth-order valence-electron chi connectivity index (χ4n) is 2.38. The zero-order chi connectivity index (χ0) is 18.9. The van der Waals surface area contributed by atoms with E-state index in [2.05, 4.69) is 5.32 Å². The van der Waals surface area contributed by atoms with Crippen molar-refractivity contribution in [1.82, 2.24) is 5.32 Å². The highest BCUT2D eigenvalue weighted by Gasteiger charge is 2.13. The van der Waals surface area contributed by atoms with Crippen molar-refractivity contribution < 1.29 is 23.4 Å². The van der Waals surface area contributed by atoms with Crippen LogP contribution in [0.2, 0.25) is 0 Å². The molecule has 1 unspecified atom stereocenters. The average Bonchev–Trinajstić information content (AvgIpc) is 2.63. The summed E-state index contributed by atoms with van der Waals surface area (Å²) in [5.41, 5.74) is 0.895. The molecule has 0 fully saturated rings. The Balaban J connectivity index is 1.95. The van der Waals surface area contributed by atoms with Gasteiger partial charge in [-0.3, -0.25) is 4.79 Å². The molecule has 140 valence electrons. The molecule has 5 nitrogen and oxygen atoms in total. The Morgan fingerprint density at radius 2 is 1.65 bits per heavy atom. The molecule has 6 heteroatoms. The Kier molecular flexibility index (Phi) is 7.26. The predicted molar refractivity (Wildman–Crippen MR) is 97.2 cm³/mol. The lowest BCUT2D eigenvalue weighted by Gasteiger charge is -2.17. The largest absolute Gasteiger partial charge is 0.490 e. The molecule has 2 aromatic rings. The van der Waals surface area contributed by atoms with Crippen molar-refractivity contribution in [3.63, 3.8) is 0 Å². The standard InChI is InChI=1S/C20H24FNO4/c1-4-24-18-11-6-15(12-19(18)25-5-2)14(3)22-20(23)13-26-17-9-7-16(21)8-10-17/h6-12,14H,4-5,13H2,1-3H3,(H,22,23). The number of hydrogen-bond acceptors (Lipinski definition) is 4. The molecular formula is C20H24FNO4. The van der Waals surface area contributed by atoms with Crippen LogP contribution in [0.1, 0.15) is 32.4 Å². The number of carbonyl (C=O) groups excluding carboxylic acids is 1. The molecule has 1 amide bonds. The van der Waals surface area contributed by atoms with Gasteiger partial charge in [0.15, 0.2) is 18.1 Å². The molecular weight excluding hydrogens is 337 g/mol. The van der Waals surface area contributed by atoms with Gasteiger partial charge in [0.25, 0.3) is 5.91 Å². The van der Waals surface area contributed by atoms with Gasteiger partial charge in [-0.2, -0.15) is 0 Å². The van der Waals surface area contributed by atoms with E-state index in [4.69, 9.17) is 14.2 Å². The number of carbonyl (C=O) groups is 1. The van der Waals surface area contributed by atoms with Crippen molar-refractivity contribution >= 4 is 5.91 Å². The molecule has 0 saturated carbocycles. The minimum absolute atomic E-state index is 0.148. The first-order valence-corrected chi connectivity index (χ1v) is 8.60. The van der Waals surface area contributed by atoms with Gasteiger partial charge in [0.1, 0.15) is 11.6 Å². The lowest BCUT2D eigenvalue weighted by Crippen LogP contribution is -2.31. The molecule has 2 rings (SSSR count). The quantitative estimate of drug-likeness (QED) is 0.736. The Bertz CT molecular complexity index is 718. The Morgan fingerprint density at radius 1 is 1.00 bits per heavy atom. The first-order valence-electron chi connectivity index (χ1n) is 8.60. The van der Waals surface area contributed by atoms with Crippen LogP contribution in [0.4, 0.5) is 4.39 Å². The molecule has 1 N–H and O–H groups in total. The average molecular weight is 361 g/mol. The monoisotopic (exact) mass is 361 g/mol. The summed E-state index contributed by atoms with van der Waals surface area (Å²) in [5.74, 6) is 1.14. The third kappa shape index (κ3) is 5.65. The van der Waals surface area contributed by atoms with Crippen molar-refractivity contribution in [1.29, 1.82) is 0 Å². The summed E-state index contributed by atoms with van der Waals surface area (Å²) in [4.78, 5) is 12.1. The van der Waals surface area contributed by atoms with E-state index in [0.29, 0.717) is 30.5 Å². The topological polar surface area (TPSA) is 56.8 Å². The van der Waals surface area contributed by atoms with E-state index >= 15 is 0 Å². The molecule has 0 aliphatic carbocycles. The Hall–Kier alpha value is -2.76. The number of hydrogen-bond donors (Lipinski definition) is 1. The molecule has 2 aromatic carbocycles. The summed E-state index contributed by atoms with van der Waals surface area (Å²) in [6, 6.07) is 10.9. The zero-order valence-corrected chi connectivity index (χ0v) is 15.3. The summed E-state index contributed by atoms with van der Waals surface area (Å²) in [6.45, 7) is 6.61. The van der Waals surface area contributed by atoms with Crippen LogP contribution in [0.15, 0.2) is 42.5 Å². The third-order valence-corrected chi connectivity index (χ3v) is 3.63. The fourth-order valence-corrected chi connectivity index (χ4v) is 2.38. The van der Waals surface area contributed by atoms with E-state index in [0.717, 1.165) is 5.56 Å². The SMILES string of the molecule is CCOc1ccc(C(C)NC(=O)COc2ccc(F)cc2)cc1OCC. The molecule has 26 heavy (non-hydrogen) atoms. The molecule has 1 atom stereocenters. The zero-order valence-electron chi connectivity index (χ0n) is 15.3. The van der Waals surface area contributed by atoms with Crippen molar-refractivity contribution in [3.8, 4) is 17.2 Å². The van der Waals surface area contributed by atoms with Gasteiger partial charge in [0.2, 0.25) is 0 Å². The maximum Gasteiger partial charge on any atom is 0.258 e. The van der Waals surface area contributed by atoms with E-state index in [9.17, 15) is 9.18 Å². The van der Waals surface area contributed by atoms with Gasteiger partial charge in [0.05, 0.1) is 19.3 Å². The van der Waals surface area contributed by atoms with Gasteiger partial charge in [-0.25, -0.2) is 4.39 Å². The Labute approximate surface area is 153 Å². The van der Waals surface area contributed by atoms with Crippen LogP contribution in [-0.4, -0.2) is 25.7 Å². The van der Waals surface area contributed by atoms with Gasteiger partial charge in [-0.05, 0) is 62.7 Å². The van der Waals surface area contributed by atoms with E-state index in [-0.39, 0.29) is 24.4 Å². The number of halogens is 1. The van der Waals surface area contributed by atoms with Crippen molar-refractivity contribution in [2.24, 2.45) is 0 Å². The van der Waals surface area contributed by atoms with Crippen LogP contribution in [-0.2, 0) is 4.79 Å². The normalized spacial score (nSPS) is 11.5. The maximum absolute atomic E-state index is 12.9. The van der Waals surface area contributed by atoms with Gasteiger partial charge >= 0.3 is 0 Å². The van der Waals surface area contributed by atoms with E-state index < -0.39 is 0 Å². The van der Waals surface area contributed by atoms with Crippen LogP contribution in [0.5, 0.6) is 17.2 Å². The molecule has 0 radical (unpaired) electrons. The lowest BCUT2D eigenvalue weighted by molar-refractivity contribution is -0.123. The number of rotatable bonds is 9. The molecule has 0 heterocycles. The van der Waals surface area contributed by atoms with Crippen molar-refractivity contribution in [2.75, 3.05) is 19.8 Å². The molecule has 0 bridgehead atoms. The summed E-state index contributed by atoms with van der Waals surface area (Å²) in [6.07, 6.45) is 0. The van der Waals surface area contributed by atoms with Crippen molar-refractivity contribution in [2.45, 2.75) is 26.8 Å². The highest BCUT2D eigenvalue weighted by atomic mass is 19.1. The summed E-state index contributed by atoms with van der Waals surface area (Å²) in [5, 5.41) is 2.86. The molecule has 0 aliphatic rings. The molecule has 0 saturated heterocycles. The second-order valence-corrected chi connectivity index (χ2v) is 5.60. The van der Waals surface area contributed by atoms with Crippen LogP contribution >= 0.6 is 0 Å². The second-order valence-electron chi connectivity index (χ2n) is 5.60. The minimum atomic E-state index is -0.351. The smallest absolute Gasteiger partial charge is 0.258 e. The van der Waals surface area contributed by atoms with Crippen molar-refractivity contribution in [3.05, 3.63) is 53.8 Å². The van der Waals surface area contributed by atoms with Gasteiger partial charge in [-0.15, -0.1) is 0 Å². The summed E-state index contributed by atoms with van der Waals surface area (Å²) in [7, 11) is 0. The maximum atomic E-state index is 12.9. The summed E-state index contributed by atoms with van der Waals surface area (Å²) < 4.78 is 29.4. The van der Waals surface area contributed by atoms with Gasteiger partial charge in [0, 0.05) is 0 Å². The minimum Gasteiger partial charge on any atom is -0.490 e. The molecule has 0 aliphatic heterocycles. The van der Waals surface area contributed by atoms with E-state index in [1.54, 1.807) is 0 Å². The predicted octanol–water partition coefficient (Wildman–Crippen LogP) is 3.88. The molecule has 0 spiro atoms. The fraction of sp³-hybridized carbons (Fsp3) is 0.350.